The first-order valence-corrected chi connectivity index (χ1v) is 11.8. The van der Waals surface area contributed by atoms with E-state index < -0.39 is 0 Å². The maximum atomic E-state index is 13.2. The molecule has 32 heavy (non-hydrogen) atoms. The summed E-state index contributed by atoms with van der Waals surface area (Å²) in [4.78, 5) is 17.3. The van der Waals surface area contributed by atoms with Crippen molar-refractivity contribution in [1.82, 2.24) is 10.3 Å². The lowest BCUT2D eigenvalue weighted by atomic mass is 9.81. The van der Waals surface area contributed by atoms with Crippen LogP contribution in [-0.4, -0.2) is 17.4 Å². The summed E-state index contributed by atoms with van der Waals surface area (Å²) in [5.74, 6) is 0.753. The Morgan fingerprint density at radius 1 is 1.03 bits per heavy atom. The van der Waals surface area contributed by atoms with E-state index >= 15 is 0 Å². The van der Waals surface area contributed by atoms with E-state index in [1.54, 1.807) is 12.4 Å². The van der Waals surface area contributed by atoms with E-state index in [1.807, 2.05) is 42.5 Å². The Balaban J connectivity index is 1.59. The molecule has 5 heteroatoms. The Hall–Kier alpha value is -2.69. The molecule has 4 rings (SSSR count). The standard InChI is InChI=1S/C27H30ClN3O/c28-25-11-10-23(17-24(25)21-12-14-30-15-13-21)26(16-19-4-2-1-3-5-19)31-27(32)22-8-6-20(18-29)7-9-22/h1-5,10-15,17,20,22,26H,6-9,16,18,29H2,(H,31,32). The first-order chi connectivity index (χ1) is 15.6. The van der Waals surface area contributed by atoms with Crippen LogP contribution in [0.2, 0.25) is 5.02 Å². The van der Waals surface area contributed by atoms with Crippen molar-refractivity contribution in [2.75, 3.05) is 6.54 Å². The first-order valence-electron chi connectivity index (χ1n) is 11.4. The third-order valence-corrected chi connectivity index (χ3v) is 6.86. The Morgan fingerprint density at radius 2 is 1.75 bits per heavy atom. The molecule has 3 aromatic rings. The second kappa shape index (κ2) is 10.8. The van der Waals surface area contributed by atoms with Gasteiger partial charge in [-0.3, -0.25) is 9.78 Å². The summed E-state index contributed by atoms with van der Waals surface area (Å²) < 4.78 is 0. The number of carbonyl (C=O) groups excluding carboxylic acids is 1. The maximum Gasteiger partial charge on any atom is 0.223 e. The van der Waals surface area contributed by atoms with E-state index in [0.29, 0.717) is 17.5 Å². The molecular weight excluding hydrogens is 418 g/mol. The monoisotopic (exact) mass is 447 g/mol. The molecule has 0 saturated heterocycles. The zero-order valence-electron chi connectivity index (χ0n) is 18.2. The van der Waals surface area contributed by atoms with Gasteiger partial charge in [-0.05, 0) is 85.5 Å². The van der Waals surface area contributed by atoms with Crippen LogP contribution in [0, 0.1) is 11.8 Å². The van der Waals surface area contributed by atoms with Crippen LogP contribution in [-0.2, 0) is 11.2 Å². The topological polar surface area (TPSA) is 68.0 Å². The minimum absolute atomic E-state index is 0.0584. The minimum Gasteiger partial charge on any atom is -0.349 e. The average Bonchev–Trinajstić information content (AvgIpc) is 2.85. The number of halogens is 1. The zero-order valence-corrected chi connectivity index (χ0v) is 19.0. The molecule has 1 aromatic heterocycles. The van der Waals surface area contributed by atoms with Crippen LogP contribution in [0.3, 0.4) is 0 Å². The Kier molecular flexibility index (Phi) is 7.56. The van der Waals surface area contributed by atoms with Crippen molar-refractivity contribution in [1.29, 1.82) is 0 Å². The molecule has 1 aliphatic carbocycles. The Morgan fingerprint density at radius 3 is 2.44 bits per heavy atom. The second-order valence-corrected chi connectivity index (χ2v) is 9.09. The van der Waals surface area contributed by atoms with E-state index in [4.69, 9.17) is 17.3 Å². The SMILES string of the molecule is NCC1CCC(C(=O)NC(Cc2ccccc2)c2ccc(Cl)c(-c3ccncc3)c2)CC1. The van der Waals surface area contributed by atoms with Gasteiger partial charge in [0.15, 0.2) is 0 Å². The highest BCUT2D eigenvalue weighted by Crippen LogP contribution is 2.33. The maximum absolute atomic E-state index is 13.2. The molecule has 3 N–H and O–H groups in total. The molecule has 2 aromatic carbocycles. The number of hydrogen-bond donors (Lipinski definition) is 2. The molecule has 166 valence electrons. The number of pyridine rings is 1. The van der Waals surface area contributed by atoms with Gasteiger partial charge in [0.25, 0.3) is 0 Å². The number of rotatable bonds is 7. The molecule has 1 saturated carbocycles. The summed E-state index contributed by atoms with van der Waals surface area (Å²) in [6.45, 7) is 0.716. The van der Waals surface area contributed by atoms with E-state index in [-0.39, 0.29) is 17.9 Å². The van der Waals surface area contributed by atoms with Crippen molar-refractivity contribution in [3.05, 3.63) is 89.2 Å². The van der Waals surface area contributed by atoms with Gasteiger partial charge in [-0.15, -0.1) is 0 Å². The molecule has 0 spiro atoms. The zero-order chi connectivity index (χ0) is 22.3. The Bertz CT molecular complexity index is 1020. The van der Waals surface area contributed by atoms with Crippen molar-refractivity contribution in [3.8, 4) is 11.1 Å². The first kappa shape index (κ1) is 22.5. The number of carbonyl (C=O) groups is 1. The molecule has 1 amide bonds. The fourth-order valence-corrected chi connectivity index (χ4v) is 4.79. The lowest BCUT2D eigenvalue weighted by Crippen LogP contribution is -2.37. The van der Waals surface area contributed by atoms with Gasteiger partial charge in [-0.2, -0.15) is 0 Å². The van der Waals surface area contributed by atoms with Crippen LogP contribution < -0.4 is 11.1 Å². The van der Waals surface area contributed by atoms with Crippen molar-refractivity contribution >= 4 is 17.5 Å². The molecular formula is C27H30ClN3O. The lowest BCUT2D eigenvalue weighted by Gasteiger charge is -2.29. The van der Waals surface area contributed by atoms with Crippen LogP contribution in [0.4, 0.5) is 0 Å². The fourth-order valence-electron chi connectivity index (χ4n) is 4.56. The third kappa shape index (κ3) is 5.56. The van der Waals surface area contributed by atoms with E-state index in [0.717, 1.165) is 48.8 Å². The van der Waals surface area contributed by atoms with Crippen molar-refractivity contribution in [2.45, 2.75) is 38.1 Å². The molecule has 1 fully saturated rings. The van der Waals surface area contributed by atoms with Crippen molar-refractivity contribution < 1.29 is 4.79 Å². The number of aromatic nitrogens is 1. The number of nitrogens with one attached hydrogen (secondary N) is 1. The second-order valence-electron chi connectivity index (χ2n) is 8.68. The van der Waals surface area contributed by atoms with Crippen LogP contribution in [0.1, 0.15) is 42.9 Å². The fraction of sp³-hybridized carbons (Fsp3) is 0.333. The molecule has 1 unspecified atom stereocenters. The number of hydrogen-bond acceptors (Lipinski definition) is 3. The Labute approximate surface area is 195 Å². The van der Waals surface area contributed by atoms with Gasteiger partial charge in [0.1, 0.15) is 0 Å². The largest absolute Gasteiger partial charge is 0.349 e. The van der Waals surface area contributed by atoms with Crippen LogP contribution >= 0.6 is 11.6 Å². The number of nitrogens with two attached hydrogens (primary N) is 1. The van der Waals surface area contributed by atoms with Crippen molar-refractivity contribution in [3.63, 3.8) is 0 Å². The summed E-state index contributed by atoms with van der Waals surface area (Å²) in [6.07, 6.45) is 8.14. The third-order valence-electron chi connectivity index (χ3n) is 6.53. The van der Waals surface area contributed by atoms with Gasteiger partial charge in [0.2, 0.25) is 5.91 Å². The molecule has 1 atom stereocenters. The summed E-state index contributed by atoms with van der Waals surface area (Å²) in [5.41, 5.74) is 10.0. The molecule has 4 nitrogen and oxygen atoms in total. The normalized spacial score (nSPS) is 19.3. The van der Waals surface area contributed by atoms with E-state index in [2.05, 4.69) is 28.5 Å². The highest BCUT2D eigenvalue weighted by Gasteiger charge is 2.27. The van der Waals surface area contributed by atoms with E-state index in [9.17, 15) is 4.79 Å². The van der Waals surface area contributed by atoms with Gasteiger partial charge in [0.05, 0.1) is 6.04 Å². The van der Waals surface area contributed by atoms with Crippen LogP contribution in [0.25, 0.3) is 11.1 Å². The minimum atomic E-state index is -0.130. The number of benzene rings is 2. The number of amides is 1. The summed E-state index contributed by atoms with van der Waals surface area (Å²) in [6, 6.07) is 20.1. The van der Waals surface area contributed by atoms with Gasteiger partial charge in [-0.1, -0.05) is 48.0 Å². The summed E-state index contributed by atoms with van der Waals surface area (Å²) >= 11 is 6.53. The van der Waals surface area contributed by atoms with Gasteiger partial charge in [0, 0.05) is 28.9 Å². The van der Waals surface area contributed by atoms with Crippen LogP contribution in [0.15, 0.2) is 73.1 Å². The van der Waals surface area contributed by atoms with E-state index in [1.165, 1.54) is 5.56 Å². The predicted molar refractivity (Wildman–Crippen MR) is 130 cm³/mol. The van der Waals surface area contributed by atoms with Crippen LogP contribution in [0.5, 0.6) is 0 Å². The molecule has 0 radical (unpaired) electrons. The lowest BCUT2D eigenvalue weighted by molar-refractivity contribution is -0.127. The van der Waals surface area contributed by atoms with Gasteiger partial charge < -0.3 is 11.1 Å². The van der Waals surface area contributed by atoms with Gasteiger partial charge >= 0.3 is 0 Å². The molecule has 0 aliphatic heterocycles. The average molecular weight is 448 g/mol. The highest BCUT2D eigenvalue weighted by molar-refractivity contribution is 6.33. The smallest absolute Gasteiger partial charge is 0.223 e. The molecule has 0 bridgehead atoms. The van der Waals surface area contributed by atoms with Gasteiger partial charge in [-0.25, -0.2) is 0 Å². The quantitative estimate of drug-likeness (QED) is 0.497. The summed E-state index contributed by atoms with van der Waals surface area (Å²) in [7, 11) is 0. The molecule has 1 aliphatic rings. The number of nitrogens with zero attached hydrogens (tertiary/aromatic N) is 1. The molecule has 1 heterocycles. The predicted octanol–water partition coefficient (Wildman–Crippen LogP) is 5.57. The van der Waals surface area contributed by atoms with Crippen molar-refractivity contribution in [2.24, 2.45) is 17.6 Å². The summed E-state index contributed by atoms with van der Waals surface area (Å²) in [5, 5.41) is 4.04. The highest BCUT2D eigenvalue weighted by atomic mass is 35.5.